The minimum Gasteiger partial charge on any atom is -0.462 e. The van der Waals surface area contributed by atoms with Gasteiger partial charge in [-0.2, -0.15) is 0 Å². The molecule has 19 heteroatoms. The second-order valence-electron chi connectivity index (χ2n) is 25.2. The van der Waals surface area contributed by atoms with Crippen molar-refractivity contribution in [3.8, 4) is 0 Å². The van der Waals surface area contributed by atoms with Crippen LogP contribution in [0.2, 0.25) is 0 Å². The van der Waals surface area contributed by atoms with Gasteiger partial charge in [-0.05, 0) is 116 Å². The lowest BCUT2D eigenvalue weighted by Crippen LogP contribution is -2.30. The van der Waals surface area contributed by atoms with Crippen molar-refractivity contribution in [1.29, 1.82) is 0 Å². The van der Waals surface area contributed by atoms with Crippen molar-refractivity contribution in [1.82, 2.24) is 0 Å². The largest absolute Gasteiger partial charge is 0.472 e. The summed E-state index contributed by atoms with van der Waals surface area (Å²) in [5.74, 6) is -2.49. The lowest BCUT2D eigenvalue weighted by molar-refractivity contribution is -0.161. The number of esters is 4. The van der Waals surface area contributed by atoms with E-state index in [0.717, 1.165) is 135 Å². The van der Waals surface area contributed by atoms with Crippen LogP contribution in [0, 0.1) is 0 Å². The topological polar surface area (TPSA) is 237 Å². The number of aliphatic hydroxyl groups excluding tert-OH is 1. The molecular formula is C83H136O17P2. The fraction of sp³-hybridized carbons (Fsp3) is 0.639. The first-order valence-corrected chi connectivity index (χ1v) is 41.7. The van der Waals surface area contributed by atoms with E-state index in [4.69, 9.17) is 37.0 Å². The molecule has 0 bridgehead atoms. The highest BCUT2D eigenvalue weighted by Crippen LogP contribution is 2.45. The monoisotopic (exact) mass is 1470 g/mol. The Hall–Kier alpha value is -5.32. The number of allylic oxidation sites excluding steroid dienone is 24. The molecule has 0 amide bonds. The van der Waals surface area contributed by atoms with Gasteiger partial charge < -0.3 is 33.8 Å². The Kier molecular flexibility index (Phi) is 70.1. The van der Waals surface area contributed by atoms with Gasteiger partial charge in [0, 0.05) is 12.8 Å². The molecule has 5 unspecified atom stereocenters. The zero-order valence-electron chi connectivity index (χ0n) is 63.2. The molecule has 0 saturated carbocycles. The van der Waals surface area contributed by atoms with Gasteiger partial charge in [-0.3, -0.25) is 37.3 Å². The van der Waals surface area contributed by atoms with Crippen molar-refractivity contribution >= 4 is 39.5 Å². The van der Waals surface area contributed by atoms with Crippen molar-refractivity contribution in [2.75, 3.05) is 39.6 Å². The van der Waals surface area contributed by atoms with Gasteiger partial charge in [0.25, 0.3) is 0 Å². The molecule has 3 N–H and O–H groups in total. The molecule has 17 nitrogen and oxygen atoms in total. The summed E-state index contributed by atoms with van der Waals surface area (Å²) in [6.07, 6.45) is 85.8. The summed E-state index contributed by atoms with van der Waals surface area (Å²) < 4.78 is 68.2. The van der Waals surface area contributed by atoms with E-state index >= 15 is 0 Å². The first-order valence-electron chi connectivity index (χ1n) is 38.7. The SMILES string of the molecule is CC/C=C\C/C=C\C/C=C\C/C=C\C/C=C\CC(=O)OCC(COP(=O)(O)OCC(O)COP(=O)(O)OCC(COC(=O)CCCCCCCC/C=C\C/C=C\C/C=C\CCCCC)OC(=O)CCCCCCCCCCCCCCC)OC(=O)C/C=C\C/C=C\C/C=C\C/C=C\C/C=C\CC. The lowest BCUT2D eigenvalue weighted by atomic mass is 10.0. The first kappa shape index (κ1) is 96.7. The van der Waals surface area contributed by atoms with Gasteiger partial charge in [0.1, 0.15) is 19.3 Å². The van der Waals surface area contributed by atoms with Crippen LogP contribution in [0.3, 0.4) is 0 Å². The Balaban J connectivity index is 5.48. The van der Waals surface area contributed by atoms with Crippen molar-refractivity contribution in [3.63, 3.8) is 0 Å². The van der Waals surface area contributed by atoms with Crippen molar-refractivity contribution < 1.29 is 80.2 Å². The van der Waals surface area contributed by atoms with Crippen LogP contribution in [-0.4, -0.2) is 96.7 Å². The molecule has 0 saturated heterocycles. The fourth-order valence-electron chi connectivity index (χ4n) is 9.73. The molecule has 0 fully saturated rings. The fourth-order valence-corrected chi connectivity index (χ4v) is 11.3. The molecule has 102 heavy (non-hydrogen) atoms. The summed E-state index contributed by atoms with van der Waals surface area (Å²) in [7, 11) is -10.0. The lowest BCUT2D eigenvalue weighted by Gasteiger charge is -2.21. The molecule has 0 aromatic carbocycles. The Labute approximate surface area is 617 Å². The third-order valence-corrected chi connectivity index (χ3v) is 17.5. The molecular weight excluding hydrogens is 1330 g/mol. The van der Waals surface area contributed by atoms with Crippen LogP contribution in [0.25, 0.3) is 0 Å². The van der Waals surface area contributed by atoms with Gasteiger partial charge in [0.2, 0.25) is 0 Å². The molecule has 5 atom stereocenters. The van der Waals surface area contributed by atoms with Gasteiger partial charge in [-0.1, -0.05) is 301 Å². The highest BCUT2D eigenvalue weighted by molar-refractivity contribution is 7.47. The number of hydrogen-bond acceptors (Lipinski definition) is 15. The quantitative estimate of drug-likeness (QED) is 0.0169. The second-order valence-corrected chi connectivity index (χ2v) is 28.1. The molecule has 0 aromatic heterocycles. The molecule has 0 aliphatic rings. The molecule has 0 rings (SSSR count). The third kappa shape index (κ3) is 73.0. The number of aliphatic hydroxyl groups is 1. The second kappa shape index (κ2) is 74.0. The van der Waals surface area contributed by atoms with Crippen LogP contribution in [0.4, 0.5) is 0 Å². The number of rotatable bonds is 71. The Bertz CT molecular complexity index is 2550. The third-order valence-electron chi connectivity index (χ3n) is 15.6. The number of phosphoric ester groups is 2. The predicted octanol–water partition coefficient (Wildman–Crippen LogP) is 22.4. The summed E-state index contributed by atoms with van der Waals surface area (Å²) in [5.41, 5.74) is 0. The number of carbonyl (C=O) groups is 4. The average Bonchev–Trinajstić information content (AvgIpc) is 0.919. The van der Waals surface area contributed by atoms with Crippen molar-refractivity contribution in [2.45, 2.75) is 303 Å². The molecule has 0 heterocycles. The van der Waals surface area contributed by atoms with Crippen LogP contribution in [-0.2, 0) is 65.4 Å². The molecule has 0 aromatic rings. The predicted molar refractivity (Wildman–Crippen MR) is 417 cm³/mol. The maximum Gasteiger partial charge on any atom is 0.472 e. The summed E-state index contributed by atoms with van der Waals surface area (Å²) >= 11 is 0. The Morgan fingerprint density at radius 3 is 0.931 bits per heavy atom. The van der Waals surface area contributed by atoms with Crippen LogP contribution in [0.5, 0.6) is 0 Å². The van der Waals surface area contributed by atoms with Crippen LogP contribution < -0.4 is 0 Å². The molecule has 0 aliphatic carbocycles. The minimum atomic E-state index is -5.02. The number of hydrogen-bond donors (Lipinski definition) is 3. The number of carbonyl (C=O) groups excluding carboxylic acids is 4. The summed E-state index contributed by atoms with van der Waals surface area (Å²) in [5, 5.41) is 10.6. The molecule has 580 valence electrons. The highest BCUT2D eigenvalue weighted by Gasteiger charge is 2.30. The first-order chi connectivity index (χ1) is 49.7. The molecule has 0 spiro atoms. The summed E-state index contributed by atoms with van der Waals surface area (Å²) in [6, 6.07) is 0. The zero-order chi connectivity index (χ0) is 74.6. The van der Waals surface area contributed by atoms with Crippen LogP contribution >= 0.6 is 15.6 Å². The smallest absolute Gasteiger partial charge is 0.462 e. The highest BCUT2D eigenvalue weighted by atomic mass is 31.2. The van der Waals surface area contributed by atoms with Gasteiger partial charge >= 0.3 is 39.5 Å². The van der Waals surface area contributed by atoms with E-state index in [9.17, 15) is 43.2 Å². The number of phosphoric acid groups is 2. The van der Waals surface area contributed by atoms with E-state index in [1.807, 2.05) is 30.4 Å². The van der Waals surface area contributed by atoms with Crippen molar-refractivity contribution in [2.24, 2.45) is 0 Å². The molecule has 0 radical (unpaired) electrons. The number of ether oxygens (including phenoxy) is 4. The minimum absolute atomic E-state index is 0.0859. The van der Waals surface area contributed by atoms with E-state index in [-0.39, 0.29) is 25.7 Å². The van der Waals surface area contributed by atoms with Gasteiger partial charge in [-0.25, -0.2) is 9.13 Å². The van der Waals surface area contributed by atoms with E-state index in [1.54, 1.807) is 18.2 Å². The van der Waals surface area contributed by atoms with Crippen LogP contribution in [0.1, 0.15) is 285 Å². The van der Waals surface area contributed by atoms with Gasteiger partial charge in [0.15, 0.2) is 12.2 Å². The summed E-state index contributed by atoms with van der Waals surface area (Å²) in [6.45, 7) is 4.36. The zero-order valence-corrected chi connectivity index (χ0v) is 65.0. The Morgan fingerprint density at radius 2 is 0.559 bits per heavy atom. The van der Waals surface area contributed by atoms with Gasteiger partial charge in [0.05, 0.1) is 39.3 Å². The van der Waals surface area contributed by atoms with Crippen molar-refractivity contribution in [3.05, 3.63) is 158 Å². The van der Waals surface area contributed by atoms with E-state index in [2.05, 4.69) is 137 Å². The number of unbranched alkanes of at least 4 members (excludes halogenated alkanes) is 21. The van der Waals surface area contributed by atoms with E-state index in [0.29, 0.717) is 25.7 Å². The van der Waals surface area contributed by atoms with E-state index in [1.165, 1.54) is 70.6 Å². The average molecular weight is 1470 g/mol. The maximum absolute atomic E-state index is 13.1. The van der Waals surface area contributed by atoms with E-state index < -0.39 is 97.5 Å². The Morgan fingerprint density at radius 1 is 0.294 bits per heavy atom. The van der Waals surface area contributed by atoms with Crippen LogP contribution in [0.15, 0.2) is 158 Å². The normalized spacial score (nSPS) is 14.8. The maximum atomic E-state index is 13.1. The standard InChI is InChI=1S/C83H136O17P2/c1-5-9-13-17-21-25-29-33-36-37-38-39-42-45-48-52-56-60-64-68-81(86)94-73-78(99-82(87)69-65-61-57-53-49-43-32-28-24-20-16-12-8-4)75-97-101(89,90)95-71-77(84)72-96-102(91,92)98-76-79(100-83(88)70-66-62-58-54-50-46-41-35-31-27-23-19-15-11-7-3)74-93-80(85)67-63-59-55-51-47-44-40-34-30-26-22-18-14-10-6-2/h10-11,14-15,21-23,25-27,33-36,38-41,47,50-51,54,59,62-63,66,77-79,84H,5-9,12-13,16-20,24,28-32,37,42-46,48-49,52-53,55-58,60-61,64-65,67-76H2,1-4H3,(H,89,90)(H,91,92)/b14-10-,15-11-,25-21-,26-22-,27-23-,36-33-,39-38-,40-34-,41-35-,51-47-,54-50-,63-59-,66-62-. The van der Waals surface area contributed by atoms with Gasteiger partial charge in [-0.15, -0.1) is 0 Å². The molecule has 0 aliphatic heterocycles. The summed E-state index contributed by atoms with van der Waals surface area (Å²) in [4.78, 5) is 72.8.